The van der Waals surface area contributed by atoms with Crippen LogP contribution in [0.4, 0.5) is 13.2 Å². The molecule has 3 rings (SSSR count). The third-order valence-corrected chi connectivity index (χ3v) is 3.98. The van der Waals surface area contributed by atoms with Crippen molar-refractivity contribution in [3.63, 3.8) is 0 Å². The summed E-state index contributed by atoms with van der Waals surface area (Å²) in [5, 5.41) is 10.3. The molecule has 9 heteroatoms. The lowest BCUT2D eigenvalue weighted by atomic mass is 10.1. The second-order valence-electron chi connectivity index (χ2n) is 6.28. The standard InChI is InChI=1S/C20H15F3O6/c1-10-3-6-14(11(2)7-10)28-18-17(26)13-5-4-12(27-9-16(24)25)8-15(13)29-19(18)20(21,22)23/h3-8H,9H2,1-2H3,(H,24,25)/p-1. The number of alkyl halides is 3. The monoisotopic (exact) mass is 407 g/mol. The fraction of sp³-hybridized carbons (Fsp3) is 0.200. The zero-order chi connectivity index (χ0) is 21.3. The highest BCUT2D eigenvalue weighted by Gasteiger charge is 2.40. The van der Waals surface area contributed by atoms with Gasteiger partial charge in [0.15, 0.2) is 0 Å². The lowest BCUT2D eigenvalue weighted by Gasteiger charge is -2.15. The lowest BCUT2D eigenvalue weighted by Crippen LogP contribution is -2.28. The van der Waals surface area contributed by atoms with Crippen LogP contribution in [0.1, 0.15) is 16.9 Å². The minimum Gasteiger partial charge on any atom is -0.546 e. The van der Waals surface area contributed by atoms with Crippen molar-refractivity contribution in [2.24, 2.45) is 0 Å². The van der Waals surface area contributed by atoms with E-state index in [1.807, 2.05) is 6.92 Å². The average Bonchev–Trinajstić information content (AvgIpc) is 2.63. The number of hydrogen-bond donors (Lipinski definition) is 0. The summed E-state index contributed by atoms with van der Waals surface area (Å²) in [4.78, 5) is 23.2. The molecule has 0 spiro atoms. The highest BCUT2D eigenvalue weighted by atomic mass is 19.4. The summed E-state index contributed by atoms with van der Waals surface area (Å²) in [6, 6.07) is 8.20. The van der Waals surface area contributed by atoms with Crippen LogP contribution in [0.25, 0.3) is 11.0 Å². The first-order chi connectivity index (χ1) is 13.6. The van der Waals surface area contributed by atoms with Gasteiger partial charge in [0.2, 0.25) is 11.2 Å². The van der Waals surface area contributed by atoms with E-state index in [-0.39, 0.29) is 16.9 Å². The molecule has 1 aromatic heterocycles. The molecule has 0 bridgehead atoms. The second-order valence-corrected chi connectivity index (χ2v) is 6.28. The number of carbonyl (C=O) groups excluding carboxylic acids is 1. The molecule has 0 N–H and O–H groups in total. The number of benzene rings is 2. The van der Waals surface area contributed by atoms with Gasteiger partial charge < -0.3 is 23.8 Å². The van der Waals surface area contributed by atoms with Gasteiger partial charge in [-0.3, -0.25) is 4.79 Å². The minimum absolute atomic E-state index is 0.0849. The summed E-state index contributed by atoms with van der Waals surface area (Å²) >= 11 is 0. The molecule has 0 aliphatic carbocycles. The number of carboxylic acids is 1. The van der Waals surface area contributed by atoms with Gasteiger partial charge in [0, 0.05) is 6.07 Å². The Morgan fingerprint density at radius 1 is 1.14 bits per heavy atom. The molecule has 3 aromatic rings. The molecule has 0 saturated heterocycles. The summed E-state index contributed by atoms with van der Waals surface area (Å²) < 4.78 is 55.8. The van der Waals surface area contributed by atoms with E-state index in [0.29, 0.717) is 5.56 Å². The fourth-order valence-electron chi connectivity index (χ4n) is 2.69. The van der Waals surface area contributed by atoms with Gasteiger partial charge in [0.1, 0.15) is 23.7 Å². The molecule has 0 saturated carbocycles. The molecule has 0 fully saturated rings. The number of rotatable bonds is 5. The molecule has 2 aromatic carbocycles. The van der Waals surface area contributed by atoms with Crippen molar-refractivity contribution in [3.8, 4) is 17.2 Å². The van der Waals surface area contributed by atoms with Gasteiger partial charge in [-0.25, -0.2) is 0 Å². The molecule has 0 radical (unpaired) electrons. The van der Waals surface area contributed by atoms with Crippen molar-refractivity contribution in [1.82, 2.24) is 0 Å². The molecule has 0 atom stereocenters. The van der Waals surface area contributed by atoms with Crippen molar-refractivity contribution in [2.75, 3.05) is 6.61 Å². The van der Waals surface area contributed by atoms with Crippen LogP contribution >= 0.6 is 0 Å². The first-order valence-corrected chi connectivity index (χ1v) is 8.32. The van der Waals surface area contributed by atoms with Gasteiger partial charge in [-0.1, -0.05) is 17.7 Å². The zero-order valence-electron chi connectivity index (χ0n) is 15.3. The number of halogens is 3. The van der Waals surface area contributed by atoms with Gasteiger partial charge in [-0.15, -0.1) is 0 Å². The summed E-state index contributed by atoms with van der Waals surface area (Å²) in [5.41, 5.74) is -0.0275. The molecule has 29 heavy (non-hydrogen) atoms. The van der Waals surface area contributed by atoms with E-state index in [1.165, 1.54) is 18.2 Å². The number of hydrogen-bond acceptors (Lipinski definition) is 6. The van der Waals surface area contributed by atoms with Crippen molar-refractivity contribution >= 4 is 16.9 Å². The number of ether oxygens (including phenoxy) is 2. The van der Waals surface area contributed by atoms with Crippen LogP contribution in [0.2, 0.25) is 0 Å². The second kappa shape index (κ2) is 7.50. The Bertz CT molecular complexity index is 1150. The van der Waals surface area contributed by atoms with Crippen LogP contribution in [0.5, 0.6) is 17.2 Å². The van der Waals surface area contributed by atoms with Crippen molar-refractivity contribution < 1.29 is 37.0 Å². The number of aliphatic carboxylic acids is 1. The van der Waals surface area contributed by atoms with Crippen molar-refractivity contribution in [1.29, 1.82) is 0 Å². The predicted molar refractivity (Wildman–Crippen MR) is 94.0 cm³/mol. The maximum absolute atomic E-state index is 13.5. The summed E-state index contributed by atoms with van der Waals surface area (Å²) in [6.45, 7) is 2.64. The van der Waals surface area contributed by atoms with Crippen molar-refractivity contribution in [2.45, 2.75) is 20.0 Å². The highest BCUT2D eigenvalue weighted by molar-refractivity contribution is 5.80. The molecule has 0 unspecified atom stereocenters. The number of fused-ring (bicyclic) bond motifs is 1. The van der Waals surface area contributed by atoms with Gasteiger partial charge >= 0.3 is 6.18 Å². The maximum Gasteiger partial charge on any atom is 0.453 e. The van der Waals surface area contributed by atoms with Gasteiger partial charge in [0.25, 0.3) is 5.76 Å². The minimum atomic E-state index is -5.01. The van der Waals surface area contributed by atoms with Gasteiger partial charge in [-0.2, -0.15) is 13.2 Å². The Morgan fingerprint density at radius 3 is 2.48 bits per heavy atom. The fourth-order valence-corrected chi connectivity index (χ4v) is 2.69. The van der Waals surface area contributed by atoms with E-state index >= 15 is 0 Å². The van der Waals surface area contributed by atoms with Crippen LogP contribution < -0.4 is 20.0 Å². The molecule has 1 heterocycles. The topological polar surface area (TPSA) is 88.8 Å². The smallest absolute Gasteiger partial charge is 0.453 e. The van der Waals surface area contributed by atoms with E-state index in [0.717, 1.165) is 11.6 Å². The Labute approximate surface area is 162 Å². The first kappa shape index (κ1) is 20.2. The Balaban J connectivity index is 2.15. The molecule has 0 aliphatic rings. The predicted octanol–water partition coefficient (Wildman–Crippen LogP) is 3.35. The van der Waals surface area contributed by atoms with Gasteiger partial charge in [0.05, 0.1) is 11.4 Å². The summed E-state index contributed by atoms with van der Waals surface area (Å²) in [5.74, 6) is -4.12. The molecular formula is C20H14F3O6-. The molecule has 0 aliphatic heterocycles. The molecule has 6 nitrogen and oxygen atoms in total. The quantitative estimate of drug-likeness (QED) is 0.645. The Kier molecular flexibility index (Phi) is 5.23. The van der Waals surface area contributed by atoms with Crippen LogP contribution in [0, 0.1) is 13.8 Å². The van der Waals surface area contributed by atoms with E-state index in [1.54, 1.807) is 19.1 Å². The van der Waals surface area contributed by atoms with Crippen LogP contribution in [0.3, 0.4) is 0 Å². The lowest BCUT2D eigenvalue weighted by molar-refractivity contribution is -0.307. The van der Waals surface area contributed by atoms with Crippen LogP contribution in [-0.2, 0) is 11.0 Å². The van der Waals surface area contributed by atoms with E-state index in [4.69, 9.17) is 13.9 Å². The molecule has 152 valence electrons. The van der Waals surface area contributed by atoms with Crippen LogP contribution in [0.15, 0.2) is 45.6 Å². The van der Waals surface area contributed by atoms with Crippen molar-refractivity contribution in [3.05, 3.63) is 63.5 Å². The first-order valence-electron chi connectivity index (χ1n) is 8.32. The third-order valence-electron chi connectivity index (χ3n) is 3.98. The SMILES string of the molecule is Cc1ccc(Oc2c(C(F)(F)F)oc3cc(OCC(=O)[O-])ccc3c2=O)c(C)c1. The third kappa shape index (κ3) is 4.34. The number of carbonyl (C=O) groups is 1. The largest absolute Gasteiger partial charge is 0.546 e. The average molecular weight is 407 g/mol. The highest BCUT2D eigenvalue weighted by Crippen LogP contribution is 2.39. The molecule has 0 amide bonds. The van der Waals surface area contributed by atoms with E-state index < -0.39 is 41.3 Å². The zero-order valence-corrected chi connectivity index (χ0v) is 15.3. The van der Waals surface area contributed by atoms with Crippen LogP contribution in [-0.4, -0.2) is 12.6 Å². The number of aryl methyl sites for hydroxylation is 2. The Hall–Kier alpha value is -3.49. The Morgan fingerprint density at radius 2 is 1.86 bits per heavy atom. The normalized spacial score (nSPS) is 11.5. The van der Waals surface area contributed by atoms with E-state index in [2.05, 4.69) is 0 Å². The molecular weight excluding hydrogens is 393 g/mol. The number of carboxylic acid groups (broad SMARTS) is 1. The summed E-state index contributed by atoms with van der Waals surface area (Å²) in [6.07, 6.45) is -5.01. The van der Waals surface area contributed by atoms with Gasteiger partial charge in [-0.05, 0) is 37.6 Å². The van der Waals surface area contributed by atoms with E-state index in [9.17, 15) is 27.9 Å². The summed E-state index contributed by atoms with van der Waals surface area (Å²) in [7, 11) is 0. The maximum atomic E-state index is 13.5.